The fourth-order valence-corrected chi connectivity index (χ4v) is 0.989. The number of amides is 1. The molecule has 7 heteroatoms. The first-order valence-corrected chi connectivity index (χ1v) is 4.35. The van der Waals surface area contributed by atoms with E-state index in [1.807, 2.05) is 0 Å². The number of carbonyl (C=O) groups is 2. The third-order valence-corrected chi connectivity index (χ3v) is 1.73. The average molecular weight is 212 g/mol. The molecule has 1 amide bonds. The second kappa shape index (κ2) is 5.11. The van der Waals surface area contributed by atoms with Gasteiger partial charge in [-0.2, -0.15) is 0 Å². The van der Waals surface area contributed by atoms with Gasteiger partial charge in [-0.05, 0) is 0 Å². The Kier molecular flexibility index (Phi) is 3.81. The number of nitrogens with one attached hydrogen (secondary N) is 1. The van der Waals surface area contributed by atoms with Gasteiger partial charge in [0.1, 0.15) is 0 Å². The lowest BCUT2D eigenvalue weighted by molar-refractivity contribution is -0.119. The number of aromatic nitrogens is 2. The van der Waals surface area contributed by atoms with E-state index in [4.69, 9.17) is 10.8 Å². The number of rotatable bonds is 5. The van der Waals surface area contributed by atoms with Crippen LogP contribution in [0.2, 0.25) is 0 Å². The minimum atomic E-state index is -1.07. The number of carbonyl (C=O) groups excluding carboxylic acids is 1. The predicted octanol–water partition coefficient (Wildman–Crippen LogP) is -1.34. The van der Waals surface area contributed by atoms with Crippen molar-refractivity contribution < 1.29 is 14.7 Å². The lowest BCUT2D eigenvalue weighted by Gasteiger charge is -2.03. The van der Waals surface area contributed by atoms with Crippen molar-refractivity contribution in [1.82, 2.24) is 14.9 Å². The summed E-state index contributed by atoms with van der Waals surface area (Å²) in [6.45, 7) is 0.807. The van der Waals surface area contributed by atoms with Crippen LogP contribution < -0.4 is 11.1 Å². The van der Waals surface area contributed by atoms with Crippen LogP contribution >= 0.6 is 0 Å². The van der Waals surface area contributed by atoms with E-state index in [2.05, 4.69) is 10.3 Å². The SMILES string of the molecule is NCC(=O)NCCn1cnc(C(=O)O)c1. The molecule has 1 aromatic heterocycles. The Morgan fingerprint density at radius 1 is 1.60 bits per heavy atom. The van der Waals surface area contributed by atoms with Crippen molar-refractivity contribution in [3.8, 4) is 0 Å². The van der Waals surface area contributed by atoms with Crippen LogP contribution in [0.1, 0.15) is 10.5 Å². The number of hydrogen-bond acceptors (Lipinski definition) is 4. The summed E-state index contributed by atoms with van der Waals surface area (Å²) in [5.41, 5.74) is 5.07. The smallest absolute Gasteiger partial charge is 0.356 e. The molecule has 4 N–H and O–H groups in total. The van der Waals surface area contributed by atoms with Crippen LogP contribution in [0.25, 0.3) is 0 Å². The zero-order valence-electron chi connectivity index (χ0n) is 8.01. The second-order valence-corrected chi connectivity index (χ2v) is 2.86. The lowest BCUT2D eigenvalue weighted by Crippen LogP contribution is -2.32. The normalized spacial score (nSPS) is 9.93. The molecular formula is C8H12N4O3. The second-order valence-electron chi connectivity index (χ2n) is 2.86. The van der Waals surface area contributed by atoms with E-state index in [0.29, 0.717) is 13.1 Å². The van der Waals surface area contributed by atoms with Crippen LogP contribution in [-0.2, 0) is 11.3 Å². The Bertz CT molecular complexity index is 361. The maximum absolute atomic E-state index is 10.8. The fourth-order valence-electron chi connectivity index (χ4n) is 0.989. The monoisotopic (exact) mass is 212 g/mol. The zero-order valence-corrected chi connectivity index (χ0v) is 8.01. The van der Waals surface area contributed by atoms with Crippen molar-refractivity contribution in [1.29, 1.82) is 0 Å². The quantitative estimate of drug-likeness (QED) is 0.559. The number of nitrogens with zero attached hydrogens (tertiary/aromatic N) is 2. The minimum absolute atomic E-state index is 0.0137. The molecule has 0 fully saturated rings. The largest absolute Gasteiger partial charge is 0.476 e. The summed E-state index contributed by atoms with van der Waals surface area (Å²) in [6.07, 6.45) is 2.80. The molecule has 0 spiro atoms. The highest BCUT2D eigenvalue weighted by molar-refractivity contribution is 5.84. The zero-order chi connectivity index (χ0) is 11.3. The molecule has 0 saturated heterocycles. The van der Waals surface area contributed by atoms with E-state index < -0.39 is 5.97 Å². The summed E-state index contributed by atoms with van der Waals surface area (Å²) >= 11 is 0. The Morgan fingerprint density at radius 2 is 2.33 bits per heavy atom. The van der Waals surface area contributed by atoms with Crippen LogP contribution in [-0.4, -0.2) is 39.6 Å². The molecule has 0 aliphatic heterocycles. The van der Waals surface area contributed by atoms with Gasteiger partial charge in [0, 0.05) is 19.3 Å². The summed E-state index contributed by atoms with van der Waals surface area (Å²) in [5.74, 6) is -1.31. The highest BCUT2D eigenvalue weighted by Gasteiger charge is 2.05. The molecule has 82 valence electrons. The molecule has 1 heterocycles. The Hall–Kier alpha value is -1.89. The first-order chi connectivity index (χ1) is 7.13. The summed E-state index contributed by atoms with van der Waals surface area (Å²) < 4.78 is 1.58. The molecule has 7 nitrogen and oxygen atoms in total. The maximum Gasteiger partial charge on any atom is 0.356 e. The number of carboxylic acids is 1. The fraction of sp³-hybridized carbons (Fsp3) is 0.375. The number of carboxylic acid groups (broad SMARTS) is 1. The average Bonchev–Trinajstić information content (AvgIpc) is 2.66. The van der Waals surface area contributed by atoms with Gasteiger partial charge in [0.2, 0.25) is 5.91 Å². The lowest BCUT2D eigenvalue weighted by atomic mass is 10.5. The standard InChI is InChI=1S/C8H12N4O3/c9-3-7(13)10-1-2-12-4-6(8(14)15)11-5-12/h4-5H,1-3,9H2,(H,10,13)(H,14,15). The number of hydrogen-bond donors (Lipinski definition) is 3. The van der Waals surface area contributed by atoms with E-state index >= 15 is 0 Å². The first kappa shape index (κ1) is 11.2. The third-order valence-electron chi connectivity index (χ3n) is 1.73. The Labute approximate surface area is 85.9 Å². The van der Waals surface area contributed by atoms with Gasteiger partial charge in [-0.25, -0.2) is 9.78 Å². The van der Waals surface area contributed by atoms with Crippen LogP contribution in [0.15, 0.2) is 12.5 Å². The van der Waals surface area contributed by atoms with Gasteiger partial charge < -0.3 is 20.7 Å². The molecule has 0 aliphatic carbocycles. The predicted molar refractivity (Wildman–Crippen MR) is 51.3 cm³/mol. The summed E-state index contributed by atoms with van der Waals surface area (Å²) in [6, 6.07) is 0. The van der Waals surface area contributed by atoms with Gasteiger partial charge in [-0.3, -0.25) is 4.79 Å². The summed E-state index contributed by atoms with van der Waals surface area (Å²) in [7, 11) is 0. The van der Waals surface area contributed by atoms with E-state index in [1.165, 1.54) is 12.5 Å². The number of aromatic carboxylic acids is 1. The van der Waals surface area contributed by atoms with Crippen molar-refractivity contribution in [2.45, 2.75) is 6.54 Å². The van der Waals surface area contributed by atoms with Crippen molar-refractivity contribution in [3.63, 3.8) is 0 Å². The van der Waals surface area contributed by atoms with Gasteiger partial charge >= 0.3 is 5.97 Å². The van der Waals surface area contributed by atoms with Gasteiger partial charge in [0.05, 0.1) is 12.9 Å². The highest BCUT2D eigenvalue weighted by Crippen LogP contribution is 1.94. The molecule has 1 rings (SSSR count). The van der Waals surface area contributed by atoms with Crippen LogP contribution in [0, 0.1) is 0 Å². The van der Waals surface area contributed by atoms with Gasteiger partial charge in [-0.15, -0.1) is 0 Å². The van der Waals surface area contributed by atoms with Gasteiger partial charge in [0.15, 0.2) is 5.69 Å². The molecule has 0 radical (unpaired) electrons. The van der Waals surface area contributed by atoms with Crippen molar-refractivity contribution >= 4 is 11.9 Å². The summed E-state index contributed by atoms with van der Waals surface area (Å²) in [5, 5.41) is 11.1. The maximum atomic E-state index is 10.8. The molecule has 0 unspecified atom stereocenters. The molecule has 0 atom stereocenters. The molecule has 0 bridgehead atoms. The summed E-state index contributed by atoms with van der Waals surface area (Å²) in [4.78, 5) is 24.9. The molecule has 0 aliphatic rings. The number of imidazole rings is 1. The van der Waals surface area contributed by atoms with Crippen molar-refractivity contribution in [2.75, 3.05) is 13.1 Å². The molecule has 0 aromatic carbocycles. The van der Waals surface area contributed by atoms with E-state index in [1.54, 1.807) is 4.57 Å². The molecular weight excluding hydrogens is 200 g/mol. The van der Waals surface area contributed by atoms with Crippen molar-refractivity contribution in [2.24, 2.45) is 5.73 Å². The molecule has 0 saturated carbocycles. The van der Waals surface area contributed by atoms with E-state index in [0.717, 1.165) is 0 Å². The van der Waals surface area contributed by atoms with Crippen LogP contribution in [0.3, 0.4) is 0 Å². The molecule has 1 aromatic rings. The third kappa shape index (κ3) is 3.39. The van der Waals surface area contributed by atoms with Gasteiger partial charge in [0.25, 0.3) is 0 Å². The van der Waals surface area contributed by atoms with Crippen LogP contribution in [0.4, 0.5) is 0 Å². The van der Waals surface area contributed by atoms with E-state index in [9.17, 15) is 9.59 Å². The van der Waals surface area contributed by atoms with Crippen LogP contribution in [0.5, 0.6) is 0 Å². The molecule has 15 heavy (non-hydrogen) atoms. The topological polar surface area (TPSA) is 110 Å². The van der Waals surface area contributed by atoms with E-state index in [-0.39, 0.29) is 18.1 Å². The highest BCUT2D eigenvalue weighted by atomic mass is 16.4. The first-order valence-electron chi connectivity index (χ1n) is 4.35. The Morgan fingerprint density at radius 3 is 2.87 bits per heavy atom. The van der Waals surface area contributed by atoms with Gasteiger partial charge in [-0.1, -0.05) is 0 Å². The minimum Gasteiger partial charge on any atom is -0.476 e. The number of nitrogens with two attached hydrogens (primary N) is 1. The Balaban J connectivity index is 2.38. The van der Waals surface area contributed by atoms with Crippen molar-refractivity contribution in [3.05, 3.63) is 18.2 Å².